The number of carbonyl (C=O) groups excluding carboxylic acids is 2. The van der Waals surface area contributed by atoms with E-state index in [1.165, 1.54) is 19.4 Å². The maximum Gasteiger partial charge on any atom is 0.302 e. The van der Waals surface area contributed by atoms with Crippen LogP contribution in [0, 0.1) is 13.8 Å². The molecule has 0 unspecified atom stereocenters. The predicted octanol–water partition coefficient (Wildman–Crippen LogP) is 4.96. The van der Waals surface area contributed by atoms with Gasteiger partial charge in [-0.3, -0.25) is 9.59 Å². The van der Waals surface area contributed by atoms with Crippen molar-refractivity contribution in [2.75, 3.05) is 0 Å². The fourth-order valence-corrected chi connectivity index (χ4v) is 3.56. The SMILES string of the molecule is CC(=O)O[C@@H](C)Cc1c(C)ccc(-c2ccc(C)cc2)c1C[C@H](C)OC(C)=O. The molecule has 0 spiro atoms. The summed E-state index contributed by atoms with van der Waals surface area (Å²) in [6.45, 7) is 10.8. The van der Waals surface area contributed by atoms with Crippen molar-refractivity contribution in [3.8, 4) is 11.1 Å². The van der Waals surface area contributed by atoms with Gasteiger partial charge >= 0.3 is 11.9 Å². The van der Waals surface area contributed by atoms with Crippen LogP contribution < -0.4 is 0 Å². The Bertz CT molecular complexity index is 836. The van der Waals surface area contributed by atoms with E-state index < -0.39 is 0 Å². The van der Waals surface area contributed by atoms with Crippen molar-refractivity contribution < 1.29 is 19.1 Å². The summed E-state index contributed by atoms with van der Waals surface area (Å²) in [5.41, 5.74) is 6.86. The number of aryl methyl sites for hydroxylation is 2. The van der Waals surface area contributed by atoms with Gasteiger partial charge in [-0.1, -0.05) is 42.0 Å². The lowest BCUT2D eigenvalue weighted by molar-refractivity contribution is -0.146. The Balaban J connectivity index is 2.51. The summed E-state index contributed by atoms with van der Waals surface area (Å²) in [7, 11) is 0. The van der Waals surface area contributed by atoms with E-state index in [-0.39, 0.29) is 24.1 Å². The van der Waals surface area contributed by atoms with Crippen LogP contribution in [0.1, 0.15) is 49.9 Å². The molecule has 2 rings (SSSR count). The Morgan fingerprint density at radius 3 is 1.79 bits per heavy atom. The van der Waals surface area contributed by atoms with E-state index in [1.807, 2.05) is 13.8 Å². The van der Waals surface area contributed by atoms with Gasteiger partial charge in [0.15, 0.2) is 0 Å². The third-order valence-electron chi connectivity index (χ3n) is 4.75. The summed E-state index contributed by atoms with van der Waals surface area (Å²) in [6.07, 6.45) is 0.748. The number of hydrogen-bond acceptors (Lipinski definition) is 4. The van der Waals surface area contributed by atoms with Gasteiger partial charge in [0.05, 0.1) is 0 Å². The molecule has 0 bridgehead atoms. The molecule has 28 heavy (non-hydrogen) atoms. The topological polar surface area (TPSA) is 52.6 Å². The van der Waals surface area contributed by atoms with Crippen LogP contribution in [-0.2, 0) is 31.9 Å². The highest BCUT2D eigenvalue weighted by Crippen LogP contribution is 2.31. The third-order valence-corrected chi connectivity index (χ3v) is 4.75. The highest BCUT2D eigenvalue weighted by atomic mass is 16.5. The smallest absolute Gasteiger partial charge is 0.302 e. The van der Waals surface area contributed by atoms with Crippen LogP contribution in [0.2, 0.25) is 0 Å². The fourth-order valence-electron chi connectivity index (χ4n) is 3.56. The summed E-state index contributed by atoms with van der Waals surface area (Å²) in [6, 6.07) is 12.6. The van der Waals surface area contributed by atoms with Crippen molar-refractivity contribution in [2.45, 2.75) is 66.6 Å². The molecule has 0 radical (unpaired) electrons. The van der Waals surface area contributed by atoms with Crippen molar-refractivity contribution >= 4 is 11.9 Å². The molecule has 0 aliphatic rings. The Morgan fingerprint density at radius 2 is 1.29 bits per heavy atom. The lowest BCUT2D eigenvalue weighted by Crippen LogP contribution is -2.20. The van der Waals surface area contributed by atoms with Crippen LogP contribution in [0.25, 0.3) is 11.1 Å². The molecule has 2 aromatic carbocycles. The minimum atomic E-state index is -0.285. The Morgan fingerprint density at radius 1 is 0.786 bits per heavy atom. The van der Waals surface area contributed by atoms with Gasteiger partial charge < -0.3 is 9.47 Å². The number of ether oxygens (including phenoxy) is 2. The molecule has 0 aliphatic carbocycles. The molecule has 0 N–H and O–H groups in total. The van der Waals surface area contributed by atoms with Crippen molar-refractivity contribution in [3.05, 3.63) is 58.7 Å². The van der Waals surface area contributed by atoms with E-state index in [0.29, 0.717) is 12.8 Å². The number of esters is 2. The van der Waals surface area contributed by atoms with Crippen LogP contribution in [0.5, 0.6) is 0 Å². The first-order chi connectivity index (χ1) is 13.2. The van der Waals surface area contributed by atoms with E-state index in [9.17, 15) is 9.59 Å². The molecule has 150 valence electrons. The summed E-state index contributed by atoms with van der Waals surface area (Å²) < 4.78 is 10.8. The van der Waals surface area contributed by atoms with Crippen LogP contribution in [0.3, 0.4) is 0 Å². The highest BCUT2D eigenvalue weighted by Gasteiger charge is 2.19. The lowest BCUT2D eigenvalue weighted by Gasteiger charge is -2.23. The molecule has 0 aromatic heterocycles. The molecule has 2 aromatic rings. The lowest BCUT2D eigenvalue weighted by atomic mass is 9.87. The second-order valence-electron chi connectivity index (χ2n) is 7.50. The van der Waals surface area contributed by atoms with Gasteiger partial charge in [0.1, 0.15) is 12.2 Å². The first-order valence-corrected chi connectivity index (χ1v) is 9.70. The summed E-state index contributed by atoms with van der Waals surface area (Å²) in [5, 5.41) is 0. The maximum atomic E-state index is 11.4. The highest BCUT2D eigenvalue weighted by molar-refractivity contribution is 5.71. The summed E-state index contributed by atoms with van der Waals surface area (Å²) >= 11 is 0. The zero-order chi connectivity index (χ0) is 20.8. The molecule has 4 heteroatoms. The number of benzene rings is 2. The second kappa shape index (κ2) is 9.54. The molecule has 0 amide bonds. The van der Waals surface area contributed by atoms with Gasteiger partial charge in [-0.05, 0) is 55.5 Å². The van der Waals surface area contributed by atoms with Crippen molar-refractivity contribution in [2.24, 2.45) is 0 Å². The first-order valence-electron chi connectivity index (χ1n) is 9.70. The van der Waals surface area contributed by atoms with Crippen molar-refractivity contribution in [1.29, 1.82) is 0 Å². The standard InChI is InChI=1S/C24H30O4/c1-15-7-10-21(11-8-15)22-12-9-16(2)23(13-17(3)27-19(5)25)24(22)14-18(4)28-20(6)26/h7-12,17-18H,13-14H2,1-6H3/t17-,18-/m0/s1. The molecule has 0 saturated heterocycles. The molecular weight excluding hydrogens is 352 g/mol. The van der Waals surface area contributed by atoms with E-state index >= 15 is 0 Å². The second-order valence-corrected chi connectivity index (χ2v) is 7.50. The number of rotatable bonds is 7. The molecule has 0 heterocycles. The van der Waals surface area contributed by atoms with E-state index in [1.54, 1.807) is 0 Å². The van der Waals surface area contributed by atoms with Gasteiger partial charge in [-0.25, -0.2) is 0 Å². The minimum Gasteiger partial charge on any atom is -0.463 e. The quantitative estimate of drug-likeness (QED) is 0.635. The van der Waals surface area contributed by atoms with Gasteiger partial charge in [0.25, 0.3) is 0 Å². The third kappa shape index (κ3) is 5.95. The Labute approximate surface area is 167 Å². The van der Waals surface area contributed by atoms with Gasteiger partial charge in [-0.2, -0.15) is 0 Å². The maximum absolute atomic E-state index is 11.4. The van der Waals surface area contributed by atoms with Crippen molar-refractivity contribution in [1.82, 2.24) is 0 Å². The van der Waals surface area contributed by atoms with E-state index in [2.05, 4.69) is 50.2 Å². The molecule has 2 atom stereocenters. The van der Waals surface area contributed by atoms with Crippen LogP contribution in [0.15, 0.2) is 36.4 Å². The van der Waals surface area contributed by atoms with Gasteiger partial charge in [0, 0.05) is 26.7 Å². The van der Waals surface area contributed by atoms with E-state index in [4.69, 9.17) is 9.47 Å². The zero-order valence-electron chi connectivity index (χ0n) is 17.7. The monoisotopic (exact) mass is 382 g/mol. The molecule has 0 aliphatic heterocycles. The first kappa shape index (κ1) is 21.7. The fraction of sp³-hybridized carbons (Fsp3) is 0.417. The van der Waals surface area contributed by atoms with Gasteiger partial charge in [0.2, 0.25) is 0 Å². The normalized spacial score (nSPS) is 12.9. The summed E-state index contributed by atoms with van der Waals surface area (Å²) in [4.78, 5) is 22.8. The number of carbonyl (C=O) groups is 2. The Hall–Kier alpha value is -2.62. The average molecular weight is 383 g/mol. The van der Waals surface area contributed by atoms with Crippen LogP contribution in [0.4, 0.5) is 0 Å². The average Bonchev–Trinajstić information content (AvgIpc) is 2.58. The predicted molar refractivity (Wildman–Crippen MR) is 111 cm³/mol. The largest absolute Gasteiger partial charge is 0.463 e. The van der Waals surface area contributed by atoms with Crippen molar-refractivity contribution in [3.63, 3.8) is 0 Å². The number of hydrogen-bond donors (Lipinski definition) is 0. The summed E-state index contributed by atoms with van der Waals surface area (Å²) in [5.74, 6) is -0.568. The van der Waals surface area contributed by atoms with Gasteiger partial charge in [-0.15, -0.1) is 0 Å². The van der Waals surface area contributed by atoms with Crippen LogP contribution >= 0.6 is 0 Å². The minimum absolute atomic E-state index is 0.229. The zero-order valence-corrected chi connectivity index (χ0v) is 17.7. The molecule has 4 nitrogen and oxygen atoms in total. The van der Waals surface area contributed by atoms with E-state index in [0.717, 1.165) is 27.8 Å². The molecule has 0 fully saturated rings. The van der Waals surface area contributed by atoms with Crippen LogP contribution in [-0.4, -0.2) is 24.1 Å². The molecule has 0 saturated carbocycles. The Kier molecular flexibility index (Phi) is 7.38. The molecular formula is C24H30O4.